The van der Waals surface area contributed by atoms with E-state index in [4.69, 9.17) is 5.73 Å². The number of anilines is 2. The quantitative estimate of drug-likeness (QED) is 0.782. The molecule has 1 aliphatic carbocycles. The molecule has 4 nitrogen and oxygen atoms in total. The smallest absolute Gasteiger partial charge is 0.253 e. The van der Waals surface area contributed by atoms with Gasteiger partial charge in [-0.15, -0.1) is 0 Å². The number of nitrogens with one attached hydrogen (secondary N) is 1. The number of hydrogen-bond acceptors (Lipinski definition) is 3. The van der Waals surface area contributed by atoms with E-state index in [1.165, 1.54) is 6.42 Å². The Kier molecular flexibility index (Phi) is 2.96. The lowest BCUT2D eigenvalue weighted by Gasteiger charge is -2.13. The number of nitrogens with zero attached hydrogens (tertiary/aromatic N) is 1. The van der Waals surface area contributed by atoms with Crippen LogP contribution in [-0.2, 0) is 0 Å². The van der Waals surface area contributed by atoms with Gasteiger partial charge in [0, 0.05) is 25.7 Å². The standard InChI is InChI=1S/C13H19N3O/c1-8-6-12(8)15-11-5-4-9(7-10(11)14)13(17)16(2)3/h4-5,7-8,12,15H,6,14H2,1-3H3. The summed E-state index contributed by atoms with van der Waals surface area (Å²) in [4.78, 5) is 13.3. The first kappa shape index (κ1) is 11.8. The van der Waals surface area contributed by atoms with E-state index >= 15 is 0 Å². The maximum absolute atomic E-state index is 11.7. The van der Waals surface area contributed by atoms with Crippen LogP contribution in [0.3, 0.4) is 0 Å². The number of amides is 1. The topological polar surface area (TPSA) is 58.4 Å². The van der Waals surface area contributed by atoms with E-state index in [1.54, 1.807) is 25.1 Å². The molecular formula is C13H19N3O. The number of benzene rings is 1. The minimum atomic E-state index is -0.0250. The fourth-order valence-electron chi connectivity index (χ4n) is 1.81. The Balaban J connectivity index is 2.14. The average Bonchev–Trinajstić information content (AvgIpc) is 2.96. The van der Waals surface area contributed by atoms with Crippen LogP contribution in [0.1, 0.15) is 23.7 Å². The molecule has 1 amide bonds. The van der Waals surface area contributed by atoms with Crippen LogP contribution in [0.5, 0.6) is 0 Å². The van der Waals surface area contributed by atoms with Gasteiger partial charge in [0.15, 0.2) is 0 Å². The highest BCUT2D eigenvalue weighted by Gasteiger charge is 2.32. The molecule has 0 saturated heterocycles. The van der Waals surface area contributed by atoms with Crippen LogP contribution in [-0.4, -0.2) is 30.9 Å². The highest BCUT2D eigenvalue weighted by Crippen LogP contribution is 2.34. The zero-order valence-electron chi connectivity index (χ0n) is 10.5. The molecule has 1 aromatic carbocycles. The second kappa shape index (κ2) is 4.28. The highest BCUT2D eigenvalue weighted by molar-refractivity contribution is 5.95. The maximum Gasteiger partial charge on any atom is 0.253 e. The zero-order valence-corrected chi connectivity index (χ0v) is 10.5. The van der Waals surface area contributed by atoms with Crippen molar-refractivity contribution in [2.24, 2.45) is 5.92 Å². The molecule has 0 aliphatic heterocycles. The molecule has 17 heavy (non-hydrogen) atoms. The van der Waals surface area contributed by atoms with Gasteiger partial charge in [0.05, 0.1) is 11.4 Å². The number of nitrogens with two attached hydrogens (primary N) is 1. The molecule has 0 spiro atoms. The van der Waals surface area contributed by atoms with Gasteiger partial charge < -0.3 is 16.0 Å². The normalized spacial score (nSPS) is 22.1. The molecule has 1 aliphatic rings. The fourth-order valence-corrected chi connectivity index (χ4v) is 1.81. The van der Waals surface area contributed by atoms with Gasteiger partial charge in [-0.3, -0.25) is 4.79 Å². The first-order valence-corrected chi connectivity index (χ1v) is 5.86. The van der Waals surface area contributed by atoms with Gasteiger partial charge in [-0.25, -0.2) is 0 Å². The van der Waals surface area contributed by atoms with Crippen LogP contribution in [0.15, 0.2) is 18.2 Å². The molecule has 2 rings (SSSR count). The molecule has 4 heteroatoms. The molecule has 1 saturated carbocycles. The lowest BCUT2D eigenvalue weighted by atomic mass is 10.1. The molecule has 3 N–H and O–H groups in total. The summed E-state index contributed by atoms with van der Waals surface area (Å²) >= 11 is 0. The number of rotatable bonds is 3. The maximum atomic E-state index is 11.7. The first-order chi connectivity index (χ1) is 7.99. The lowest BCUT2D eigenvalue weighted by molar-refractivity contribution is 0.0827. The van der Waals surface area contributed by atoms with E-state index in [2.05, 4.69) is 12.2 Å². The Morgan fingerprint density at radius 2 is 2.12 bits per heavy atom. The van der Waals surface area contributed by atoms with Crippen LogP contribution < -0.4 is 11.1 Å². The summed E-state index contributed by atoms with van der Waals surface area (Å²) in [6.07, 6.45) is 1.19. The Bertz CT molecular complexity index is 442. The molecule has 0 bridgehead atoms. The van der Waals surface area contributed by atoms with Gasteiger partial charge >= 0.3 is 0 Å². The summed E-state index contributed by atoms with van der Waals surface area (Å²) < 4.78 is 0. The Hall–Kier alpha value is -1.71. The lowest BCUT2D eigenvalue weighted by Crippen LogP contribution is -2.21. The van der Waals surface area contributed by atoms with Gasteiger partial charge in [-0.05, 0) is 30.5 Å². The van der Waals surface area contributed by atoms with Crippen molar-refractivity contribution in [1.29, 1.82) is 0 Å². The van der Waals surface area contributed by atoms with Crippen LogP contribution in [0.25, 0.3) is 0 Å². The second-order valence-electron chi connectivity index (χ2n) is 4.97. The van der Waals surface area contributed by atoms with Crippen LogP contribution in [0.4, 0.5) is 11.4 Å². The van der Waals surface area contributed by atoms with Crippen molar-refractivity contribution in [2.45, 2.75) is 19.4 Å². The molecule has 0 radical (unpaired) electrons. The third kappa shape index (κ3) is 2.52. The van der Waals surface area contributed by atoms with Crippen molar-refractivity contribution in [1.82, 2.24) is 4.90 Å². The van der Waals surface area contributed by atoms with Crippen molar-refractivity contribution < 1.29 is 4.79 Å². The predicted molar refractivity (Wildman–Crippen MR) is 70.1 cm³/mol. The van der Waals surface area contributed by atoms with Gasteiger partial charge in [-0.2, -0.15) is 0 Å². The van der Waals surface area contributed by atoms with Crippen molar-refractivity contribution in [3.05, 3.63) is 23.8 Å². The molecule has 0 heterocycles. The molecular weight excluding hydrogens is 214 g/mol. The number of nitrogen functional groups attached to an aromatic ring is 1. The molecule has 92 valence electrons. The Morgan fingerprint density at radius 3 is 2.59 bits per heavy atom. The molecule has 1 aromatic rings. The third-order valence-corrected chi connectivity index (χ3v) is 3.16. The van der Waals surface area contributed by atoms with E-state index in [1.807, 2.05) is 12.1 Å². The van der Waals surface area contributed by atoms with Crippen LogP contribution in [0.2, 0.25) is 0 Å². The van der Waals surface area contributed by atoms with Crippen molar-refractivity contribution in [3.63, 3.8) is 0 Å². The monoisotopic (exact) mass is 233 g/mol. The first-order valence-electron chi connectivity index (χ1n) is 5.86. The van der Waals surface area contributed by atoms with Gasteiger partial charge in [0.1, 0.15) is 0 Å². The van der Waals surface area contributed by atoms with Gasteiger partial charge in [0.2, 0.25) is 0 Å². The molecule has 2 unspecified atom stereocenters. The zero-order chi connectivity index (χ0) is 12.6. The summed E-state index contributed by atoms with van der Waals surface area (Å²) in [5.74, 6) is 0.695. The number of hydrogen-bond donors (Lipinski definition) is 2. The van der Waals surface area contributed by atoms with Crippen LogP contribution in [0, 0.1) is 5.92 Å². The predicted octanol–water partition coefficient (Wildman–Crippen LogP) is 1.79. The van der Waals surface area contributed by atoms with E-state index in [0.717, 1.165) is 11.6 Å². The minimum absolute atomic E-state index is 0.0250. The largest absolute Gasteiger partial charge is 0.397 e. The summed E-state index contributed by atoms with van der Waals surface area (Å²) in [5.41, 5.74) is 8.14. The summed E-state index contributed by atoms with van der Waals surface area (Å²) in [6.45, 7) is 2.21. The van der Waals surface area contributed by atoms with Gasteiger partial charge in [0.25, 0.3) is 5.91 Å². The summed E-state index contributed by atoms with van der Waals surface area (Å²) in [7, 11) is 3.47. The molecule has 1 fully saturated rings. The Labute approximate surface area is 102 Å². The molecule has 2 atom stereocenters. The Morgan fingerprint density at radius 1 is 1.47 bits per heavy atom. The summed E-state index contributed by atoms with van der Waals surface area (Å²) in [6, 6.07) is 5.97. The van der Waals surface area contributed by atoms with Crippen molar-refractivity contribution >= 4 is 17.3 Å². The summed E-state index contributed by atoms with van der Waals surface area (Å²) in [5, 5.41) is 3.38. The van der Waals surface area contributed by atoms with Crippen LogP contribution >= 0.6 is 0 Å². The SMILES string of the molecule is CC1CC1Nc1ccc(C(=O)N(C)C)cc1N. The average molecular weight is 233 g/mol. The van der Waals surface area contributed by atoms with E-state index < -0.39 is 0 Å². The van der Waals surface area contributed by atoms with Gasteiger partial charge in [-0.1, -0.05) is 6.92 Å². The second-order valence-corrected chi connectivity index (χ2v) is 4.97. The van der Waals surface area contributed by atoms with E-state index in [0.29, 0.717) is 17.3 Å². The van der Waals surface area contributed by atoms with E-state index in [-0.39, 0.29) is 5.91 Å². The molecule has 0 aromatic heterocycles. The van der Waals surface area contributed by atoms with Crippen molar-refractivity contribution in [3.8, 4) is 0 Å². The third-order valence-electron chi connectivity index (χ3n) is 3.16. The number of carbonyl (C=O) groups is 1. The van der Waals surface area contributed by atoms with E-state index in [9.17, 15) is 4.79 Å². The van der Waals surface area contributed by atoms with Crippen molar-refractivity contribution in [2.75, 3.05) is 25.1 Å². The fraction of sp³-hybridized carbons (Fsp3) is 0.462. The highest BCUT2D eigenvalue weighted by atomic mass is 16.2. The number of carbonyl (C=O) groups excluding carboxylic acids is 1. The minimum Gasteiger partial charge on any atom is -0.397 e.